The number of carboxylic acids is 1. The SMILES string of the molecule is C=C(Oc1c(C)cc(/C=C/C(=O)c2ccccc2OC)cc1C)C(=O)O. The Balaban J connectivity index is 2.25. The molecule has 0 radical (unpaired) electrons. The molecule has 0 saturated carbocycles. The summed E-state index contributed by atoms with van der Waals surface area (Å²) in [5.41, 5.74) is 2.78. The van der Waals surface area contributed by atoms with Crippen LogP contribution in [0, 0.1) is 13.8 Å². The molecule has 0 atom stereocenters. The minimum Gasteiger partial charge on any atom is -0.496 e. The maximum absolute atomic E-state index is 12.4. The molecule has 134 valence electrons. The zero-order valence-electron chi connectivity index (χ0n) is 14.9. The van der Waals surface area contributed by atoms with Gasteiger partial charge in [-0.05, 0) is 67.5 Å². The first-order valence-corrected chi connectivity index (χ1v) is 7.90. The fourth-order valence-corrected chi connectivity index (χ4v) is 2.52. The summed E-state index contributed by atoms with van der Waals surface area (Å²) in [6.45, 7) is 6.98. The van der Waals surface area contributed by atoms with Crippen LogP contribution in [-0.4, -0.2) is 24.0 Å². The van der Waals surface area contributed by atoms with Crippen LogP contribution in [0.1, 0.15) is 27.0 Å². The number of para-hydroxylation sites is 1. The van der Waals surface area contributed by atoms with E-state index >= 15 is 0 Å². The van der Waals surface area contributed by atoms with Gasteiger partial charge in [-0.2, -0.15) is 0 Å². The maximum Gasteiger partial charge on any atom is 0.371 e. The van der Waals surface area contributed by atoms with Gasteiger partial charge in [0.1, 0.15) is 11.5 Å². The van der Waals surface area contributed by atoms with Crippen LogP contribution in [-0.2, 0) is 4.79 Å². The second kappa shape index (κ2) is 8.16. The molecule has 0 aliphatic carbocycles. The van der Waals surface area contributed by atoms with E-state index in [-0.39, 0.29) is 11.5 Å². The van der Waals surface area contributed by atoms with Crippen molar-refractivity contribution in [3.63, 3.8) is 0 Å². The highest BCUT2D eigenvalue weighted by Gasteiger charge is 2.12. The van der Waals surface area contributed by atoms with Crippen LogP contribution in [0.15, 0.2) is 54.8 Å². The van der Waals surface area contributed by atoms with Crippen LogP contribution < -0.4 is 9.47 Å². The Morgan fingerprint density at radius 3 is 2.31 bits per heavy atom. The third-order valence-corrected chi connectivity index (χ3v) is 3.75. The van der Waals surface area contributed by atoms with Crippen LogP contribution in [0.4, 0.5) is 0 Å². The molecular formula is C21H20O5. The van der Waals surface area contributed by atoms with E-state index in [1.807, 2.05) is 12.1 Å². The van der Waals surface area contributed by atoms with Crippen LogP contribution >= 0.6 is 0 Å². The van der Waals surface area contributed by atoms with Crippen molar-refractivity contribution in [2.45, 2.75) is 13.8 Å². The zero-order chi connectivity index (χ0) is 19.3. The molecule has 0 heterocycles. The summed E-state index contributed by atoms with van der Waals surface area (Å²) in [4.78, 5) is 23.3. The number of carbonyl (C=O) groups excluding carboxylic acids is 1. The van der Waals surface area contributed by atoms with E-state index in [9.17, 15) is 9.59 Å². The van der Waals surface area contributed by atoms with Crippen molar-refractivity contribution in [1.82, 2.24) is 0 Å². The summed E-state index contributed by atoms with van der Waals surface area (Å²) < 4.78 is 10.5. The minimum absolute atomic E-state index is 0.169. The van der Waals surface area contributed by atoms with Crippen LogP contribution in [0.5, 0.6) is 11.5 Å². The lowest BCUT2D eigenvalue weighted by Crippen LogP contribution is -2.07. The van der Waals surface area contributed by atoms with Crippen LogP contribution in [0.3, 0.4) is 0 Å². The second-order valence-corrected chi connectivity index (χ2v) is 5.71. The number of hydrogen-bond donors (Lipinski definition) is 1. The monoisotopic (exact) mass is 352 g/mol. The highest BCUT2D eigenvalue weighted by Crippen LogP contribution is 2.27. The molecule has 5 nitrogen and oxygen atoms in total. The maximum atomic E-state index is 12.4. The molecule has 0 aromatic heterocycles. The Morgan fingerprint density at radius 1 is 1.12 bits per heavy atom. The lowest BCUT2D eigenvalue weighted by Gasteiger charge is -2.12. The lowest BCUT2D eigenvalue weighted by molar-refractivity contribution is -0.135. The Labute approximate surface area is 152 Å². The highest BCUT2D eigenvalue weighted by molar-refractivity contribution is 6.08. The fraction of sp³-hybridized carbons (Fsp3) is 0.143. The molecule has 0 amide bonds. The number of rotatable bonds is 7. The van der Waals surface area contributed by atoms with Gasteiger partial charge in [0.15, 0.2) is 5.78 Å². The minimum atomic E-state index is -1.21. The van der Waals surface area contributed by atoms with Gasteiger partial charge < -0.3 is 14.6 Å². The van der Waals surface area contributed by atoms with Crippen molar-refractivity contribution in [3.05, 3.63) is 77.1 Å². The van der Waals surface area contributed by atoms with E-state index in [1.165, 1.54) is 13.2 Å². The van der Waals surface area contributed by atoms with Crippen LogP contribution in [0.25, 0.3) is 6.08 Å². The molecule has 2 rings (SSSR count). The van der Waals surface area contributed by atoms with Crippen molar-refractivity contribution in [2.24, 2.45) is 0 Å². The molecule has 0 aliphatic rings. The summed E-state index contributed by atoms with van der Waals surface area (Å²) >= 11 is 0. The van der Waals surface area contributed by atoms with E-state index in [1.54, 1.807) is 44.2 Å². The van der Waals surface area contributed by atoms with E-state index in [4.69, 9.17) is 14.6 Å². The Morgan fingerprint density at radius 2 is 1.73 bits per heavy atom. The summed E-state index contributed by atoms with van der Waals surface area (Å²) in [7, 11) is 1.52. The fourth-order valence-electron chi connectivity index (χ4n) is 2.52. The standard InChI is InChI=1S/C21H20O5/c1-13-11-16(12-14(2)20(13)26-15(3)21(23)24)9-10-18(22)17-7-5-6-8-19(17)25-4/h5-12H,3H2,1-2,4H3,(H,23,24)/b10-9+. The Hall–Kier alpha value is -3.34. The average Bonchev–Trinajstić information content (AvgIpc) is 2.62. The van der Waals surface area contributed by atoms with Gasteiger partial charge in [0, 0.05) is 0 Å². The van der Waals surface area contributed by atoms with Crippen LogP contribution in [0.2, 0.25) is 0 Å². The normalized spacial score (nSPS) is 10.6. The second-order valence-electron chi connectivity index (χ2n) is 5.71. The third-order valence-electron chi connectivity index (χ3n) is 3.75. The van der Waals surface area contributed by atoms with Gasteiger partial charge in [-0.3, -0.25) is 4.79 Å². The number of aliphatic carboxylic acids is 1. The molecule has 5 heteroatoms. The van der Waals surface area contributed by atoms with Gasteiger partial charge in [-0.1, -0.05) is 18.2 Å². The van der Waals surface area contributed by atoms with Gasteiger partial charge in [0.25, 0.3) is 0 Å². The third kappa shape index (κ3) is 4.39. The molecule has 2 aromatic rings. The number of benzene rings is 2. The smallest absolute Gasteiger partial charge is 0.371 e. The largest absolute Gasteiger partial charge is 0.496 e. The number of ketones is 1. The van der Waals surface area contributed by atoms with Crippen molar-refractivity contribution in [2.75, 3.05) is 7.11 Å². The molecule has 0 unspecified atom stereocenters. The predicted molar refractivity (Wildman–Crippen MR) is 99.7 cm³/mol. The van der Waals surface area contributed by atoms with Gasteiger partial charge in [-0.25, -0.2) is 4.79 Å². The zero-order valence-corrected chi connectivity index (χ0v) is 14.9. The number of ether oxygens (including phenoxy) is 2. The number of carboxylic acid groups (broad SMARTS) is 1. The number of methoxy groups -OCH3 is 1. The lowest BCUT2D eigenvalue weighted by atomic mass is 10.0. The van der Waals surface area contributed by atoms with E-state index in [2.05, 4.69) is 6.58 Å². The summed E-state index contributed by atoms with van der Waals surface area (Å²) in [6.07, 6.45) is 3.17. The summed E-state index contributed by atoms with van der Waals surface area (Å²) in [6, 6.07) is 10.6. The quantitative estimate of drug-likeness (QED) is 0.460. The first-order valence-electron chi connectivity index (χ1n) is 7.90. The molecule has 2 aromatic carbocycles. The predicted octanol–water partition coefficient (Wildman–Crippen LogP) is 4.19. The van der Waals surface area contributed by atoms with Gasteiger partial charge in [0.05, 0.1) is 12.7 Å². The highest BCUT2D eigenvalue weighted by atomic mass is 16.5. The number of carbonyl (C=O) groups is 2. The van der Waals surface area contributed by atoms with Crippen molar-refractivity contribution < 1.29 is 24.2 Å². The van der Waals surface area contributed by atoms with Crippen molar-refractivity contribution in [3.8, 4) is 11.5 Å². The molecule has 0 bridgehead atoms. The molecule has 0 aliphatic heterocycles. The first kappa shape index (κ1) is 19.0. The summed E-state index contributed by atoms with van der Waals surface area (Å²) in [5, 5.41) is 8.89. The van der Waals surface area contributed by atoms with Crippen molar-refractivity contribution >= 4 is 17.8 Å². The van der Waals surface area contributed by atoms with Gasteiger partial charge in [-0.15, -0.1) is 0 Å². The molecule has 1 N–H and O–H groups in total. The Bertz CT molecular complexity index is 870. The Kier molecular flexibility index (Phi) is 5.96. The molecule has 0 saturated heterocycles. The van der Waals surface area contributed by atoms with E-state index in [0.29, 0.717) is 17.1 Å². The number of aryl methyl sites for hydroxylation is 2. The number of hydrogen-bond acceptors (Lipinski definition) is 4. The molecule has 0 spiro atoms. The van der Waals surface area contributed by atoms with Crippen molar-refractivity contribution in [1.29, 1.82) is 0 Å². The number of allylic oxidation sites excluding steroid dienone is 1. The summed E-state index contributed by atoms with van der Waals surface area (Å²) in [5.74, 6) is -0.755. The van der Waals surface area contributed by atoms with E-state index in [0.717, 1.165) is 16.7 Å². The first-order chi connectivity index (χ1) is 12.3. The molecule has 26 heavy (non-hydrogen) atoms. The molecule has 0 fully saturated rings. The molecular weight excluding hydrogens is 332 g/mol. The van der Waals surface area contributed by atoms with Gasteiger partial charge >= 0.3 is 5.97 Å². The topological polar surface area (TPSA) is 72.8 Å². The van der Waals surface area contributed by atoms with E-state index < -0.39 is 5.97 Å². The van der Waals surface area contributed by atoms with Gasteiger partial charge in [0.2, 0.25) is 5.76 Å². The average molecular weight is 352 g/mol.